The Labute approximate surface area is 268 Å². The zero-order valence-corrected chi connectivity index (χ0v) is 25.2. The first-order chi connectivity index (χ1) is 21.8. The molecule has 9 aliphatic rings. The summed E-state index contributed by atoms with van der Waals surface area (Å²) in [5, 5.41) is 6.40. The van der Waals surface area contributed by atoms with Crippen LogP contribution in [0.2, 0.25) is 10.0 Å². The van der Waals surface area contributed by atoms with Crippen molar-refractivity contribution in [3.63, 3.8) is 0 Å². The second-order valence-electron chi connectivity index (χ2n) is 13.5. The highest BCUT2D eigenvalue weighted by Gasteiger charge is 2.70. The molecule has 0 spiro atoms. The summed E-state index contributed by atoms with van der Waals surface area (Å²) >= 11 is 12.7. The number of imide groups is 2. The molecule has 222 valence electrons. The molecule has 9 heteroatoms. The summed E-state index contributed by atoms with van der Waals surface area (Å²) < 4.78 is 0. The van der Waals surface area contributed by atoms with Crippen molar-refractivity contribution in [2.75, 3.05) is 4.90 Å². The van der Waals surface area contributed by atoms with Gasteiger partial charge in [-0.2, -0.15) is 10.1 Å². The quantitative estimate of drug-likeness (QED) is 0.214. The van der Waals surface area contributed by atoms with Gasteiger partial charge in [-0.1, -0.05) is 83.9 Å². The maximum Gasteiger partial charge on any atom is 0.254 e. The standard InChI is InChI=1S/C36H25Cl2N3O4/c37-16-9-12-26(25(38)13-16)40-32(42)30-27-19-5-1-3-7-23(19)36(31(30)35(40)45,24-8-4-2-6-20(24)27)15-39-41-33(43)28-17-10-11-18(22-14-21(17)22)29(28)34(41)44/h1-13,15,17-18,21-22,27-31H,14H2/b39-15-/t17-,18-,21-,22+,27?,28-,29+,30+,31-,36?/m0/s1. The maximum atomic E-state index is 14.7. The summed E-state index contributed by atoms with van der Waals surface area (Å²) in [4.78, 5) is 58.1. The fourth-order valence-corrected chi connectivity index (χ4v) is 10.6. The summed E-state index contributed by atoms with van der Waals surface area (Å²) in [5.74, 6) is -2.94. The molecule has 0 unspecified atom stereocenters. The molecule has 12 rings (SSSR count). The number of carbonyl (C=O) groups is 4. The fraction of sp³-hybridized carbons (Fsp3) is 0.306. The fourth-order valence-electron chi connectivity index (χ4n) is 10.2. The van der Waals surface area contributed by atoms with Gasteiger partial charge in [-0.15, -0.1) is 0 Å². The van der Waals surface area contributed by atoms with E-state index in [9.17, 15) is 19.2 Å². The molecule has 0 N–H and O–H groups in total. The SMILES string of the molecule is O=C1[C@@H]2[C@H]3C=C[C@@H]([C@@H]4C[C@H]34)[C@@H]2C(=O)N1/N=C\C12c3ccccc3C(c3ccccc31)[C@H]1C(=O)N(c3ccc(Cl)cc3Cl)C(=O)[C@H]12. The molecule has 7 nitrogen and oxygen atoms in total. The van der Waals surface area contributed by atoms with Crippen molar-refractivity contribution >= 4 is 58.7 Å². The van der Waals surface area contributed by atoms with Crippen LogP contribution in [0.4, 0.5) is 5.69 Å². The predicted molar refractivity (Wildman–Crippen MR) is 166 cm³/mol. The van der Waals surface area contributed by atoms with E-state index < -0.39 is 35.0 Å². The van der Waals surface area contributed by atoms with Crippen molar-refractivity contribution in [3.05, 3.63) is 111 Å². The summed E-state index contributed by atoms with van der Waals surface area (Å²) in [5.41, 5.74) is 2.64. The normalized spacial score (nSPS) is 37.7. The van der Waals surface area contributed by atoms with Crippen LogP contribution in [0, 0.1) is 47.3 Å². The predicted octanol–water partition coefficient (Wildman–Crippen LogP) is 5.58. The van der Waals surface area contributed by atoms with E-state index in [-0.39, 0.29) is 46.2 Å². The number of benzene rings is 3. The summed E-state index contributed by atoms with van der Waals surface area (Å²) in [6.45, 7) is 0. The molecule has 2 aliphatic heterocycles. The van der Waals surface area contributed by atoms with Crippen LogP contribution >= 0.6 is 23.2 Å². The average molecular weight is 635 g/mol. The Balaban J connectivity index is 1.16. The second kappa shape index (κ2) is 8.59. The minimum absolute atomic E-state index is 0.0717. The number of allylic oxidation sites excluding steroid dienone is 2. The molecule has 4 bridgehead atoms. The summed E-state index contributed by atoms with van der Waals surface area (Å²) in [7, 11) is 0. The number of nitrogens with zero attached hydrogens (tertiary/aromatic N) is 3. The highest BCUT2D eigenvalue weighted by Crippen LogP contribution is 2.66. The van der Waals surface area contributed by atoms with Crippen LogP contribution in [-0.4, -0.2) is 34.9 Å². The third-order valence-electron chi connectivity index (χ3n) is 11.9. The largest absolute Gasteiger partial charge is 0.274 e. The molecule has 0 radical (unpaired) electrons. The number of anilines is 1. The van der Waals surface area contributed by atoms with Crippen LogP contribution in [0.5, 0.6) is 0 Å². The Morgan fingerprint density at radius 1 is 0.733 bits per heavy atom. The van der Waals surface area contributed by atoms with Gasteiger partial charge in [0.15, 0.2) is 0 Å². The minimum Gasteiger partial charge on any atom is -0.274 e. The van der Waals surface area contributed by atoms with Gasteiger partial charge in [-0.05, 0) is 70.5 Å². The molecule has 4 fully saturated rings. The Kier molecular flexibility index (Phi) is 5.00. The van der Waals surface area contributed by atoms with Gasteiger partial charge < -0.3 is 0 Å². The van der Waals surface area contributed by atoms with E-state index in [1.54, 1.807) is 18.3 Å². The third kappa shape index (κ3) is 3.02. The zero-order chi connectivity index (χ0) is 30.5. The van der Waals surface area contributed by atoms with Crippen molar-refractivity contribution in [1.82, 2.24) is 5.01 Å². The van der Waals surface area contributed by atoms with Gasteiger partial charge in [-0.3, -0.25) is 19.2 Å². The maximum absolute atomic E-state index is 14.7. The third-order valence-corrected chi connectivity index (χ3v) is 12.4. The Bertz CT molecular complexity index is 1920. The van der Waals surface area contributed by atoms with E-state index in [4.69, 9.17) is 28.3 Å². The zero-order valence-electron chi connectivity index (χ0n) is 23.7. The van der Waals surface area contributed by atoms with Crippen LogP contribution in [0.25, 0.3) is 0 Å². The van der Waals surface area contributed by atoms with Crippen molar-refractivity contribution in [1.29, 1.82) is 0 Å². The lowest BCUT2D eigenvalue weighted by molar-refractivity contribution is -0.140. The molecule has 2 heterocycles. The molecule has 4 amide bonds. The van der Waals surface area contributed by atoms with Crippen LogP contribution in [0.1, 0.15) is 34.6 Å². The first-order valence-corrected chi connectivity index (χ1v) is 16.2. The van der Waals surface area contributed by atoms with Gasteiger partial charge in [0, 0.05) is 17.2 Å². The van der Waals surface area contributed by atoms with E-state index in [1.807, 2.05) is 48.5 Å². The molecule has 3 aromatic rings. The van der Waals surface area contributed by atoms with Crippen molar-refractivity contribution in [2.24, 2.45) is 52.4 Å². The Morgan fingerprint density at radius 3 is 1.93 bits per heavy atom. The van der Waals surface area contributed by atoms with Crippen molar-refractivity contribution in [3.8, 4) is 0 Å². The number of amides is 4. The summed E-state index contributed by atoms with van der Waals surface area (Å²) in [6, 6.07) is 20.4. The van der Waals surface area contributed by atoms with Crippen molar-refractivity contribution in [2.45, 2.75) is 17.8 Å². The van der Waals surface area contributed by atoms with Gasteiger partial charge in [-0.25, -0.2) is 4.90 Å². The molecule has 8 atom stereocenters. The van der Waals surface area contributed by atoms with Crippen LogP contribution < -0.4 is 4.90 Å². The van der Waals surface area contributed by atoms with Crippen LogP contribution in [0.15, 0.2) is 84.0 Å². The smallest absolute Gasteiger partial charge is 0.254 e. The first kappa shape index (κ1) is 26.2. The van der Waals surface area contributed by atoms with Gasteiger partial charge >= 0.3 is 0 Å². The number of hydrazone groups is 1. The lowest BCUT2D eigenvalue weighted by Gasteiger charge is -2.52. The molecule has 3 aromatic carbocycles. The van der Waals surface area contributed by atoms with Gasteiger partial charge in [0.1, 0.15) is 0 Å². The van der Waals surface area contributed by atoms with E-state index >= 15 is 0 Å². The van der Waals surface area contributed by atoms with Crippen molar-refractivity contribution < 1.29 is 19.2 Å². The highest BCUT2D eigenvalue weighted by atomic mass is 35.5. The van der Waals surface area contributed by atoms with Crippen LogP contribution in [0.3, 0.4) is 0 Å². The first-order valence-electron chi connectivity index (χ1n) is 15.5. The molecule has 2 saturated heterocycles. The van der Waals surface area contributed by atoms with E-state index in [1.165, 1.54) is 11.0 Å². The van der Waals surface area contributed by atoms with E-state index in [0.29, 0.717) is 16.9 Å². The van der Waals surface area contributed by atoms with E-state index in [0.717, 1.165) is 33.7 Å². The molecule has 45 heavy (non-hydrogen) atoms. The molecular weight excluding hydrogens is 609 g/mol. The van der Waals surface area contributed by atoms with E-state index in [2.05, 4.69) is 12.2 Å². The van der Waals surface area contributed by atoms with Gasteiger partial charge in [0.25, 0.3) is 11.8 Å². The van der Waals surface area contributed by atoms with Gasteiger partial charge in [0.2, 0.25) is 11.8 Å². The molecule has 7 aliphatic carbocycles. The molecule has 0 aromatic heterocycles. The number of carbonyl (C=O) groups excluding carboxylic acids is 4. The number of rotatable bonds is 3. The summed E-state index contributed by atoms with van der Waals surface area (Å²) in [6.07, 6.45) is 6.97. The second-order valence-corrected chi connectivity index (χ2v) is 14.4. The lowest BCUT2D eigenvalue weighted by Crippen LogP contribution is -2.55. The highest BCUT2D eigenvalue weighted by molar-refractivity contribution is 6.38. The lowest BCUT2D eigenvalue weighted by atomic mass is 9.47. The van der Waals surface area contributed by atoms with Crippen LogP contribution in [-0.2, 0) is 24.6 Å². The molecule has 2 saturated carbocycles. The minimum atomic E-state index is -1.21. The number of hydrogen-bond acceptors (Lipinski definition) is 5. The Morgan fingerprint density at radius 2 is 1.33 bits per heavy atom. The number of hydrogen-bond donors (Lipinski definition) is 0. The molecular formula is C36H25Cl2N3O4. The monoisotopic (exact) mass is 633 g/mol. The Hall–Kier alpha value is -4.07. The van der Waals surface area contributed by atoms with Gasteiger partial charge in [0.05, 0.1) is 39.8 Å². The topological polar surface area (TPSA) is 87.1 Å². The number of halogens is 2. The average Bonchev–Trinajstić information content (AvgIpc) is 3.78.